The second-order valence-electron chi connectivity index (χ2n) is 8.75. The molecular formula is C25H23BrN2O5. The highest BCUT2D eigenvalue weighted by molar-refractivity contribution is 9.10. The molecule has 1 fully saturated rings. The number of methoxy groups -OCH3 is 1. The molecule has 1 aliphatic carbocycles. The number of aromatic nitrogens is 2. The van der Waals surface area contributed by atoms with E-state index in [4.69, 9.17) is 9.47 Å². The quantitative estimate of drug-likeness (QED) is 0.536. The largest absolute Gasteiger partial charge is 0.470 e. The maximum Gasteiger partial charge on any atom is 0.313 e. The van der Waals surface area contributed by atoms with Gasteiger partial charge in [0, 0.05) is 16.1 Å². The Balaban J connectivity index is 1.86. The van der Waals surface area contributed by atoms with Crippen LogP contribution in [0.3, 0.4) is 0 Å². The number of Topliss-reactive ketones (excluding diaryl/α,β-unsaturated/α-hetero) is 1. The molecule has 8 heteroatoms. The molecule has 2 bridgehead atoms. The van der Waals surface area contributed by atoms with Gasteiger partial charge in [-0.2, -0.15) is 5.10 Å². The van der Waals surface area contributed by atoms with Gasteiger partial charge < -0.3 is 14.6 Å². The van der Waals surface area contributed by atoms with Gasteiger partial charge in [-0.3, -0.25) is 14.3 Å². The van der Waals surface area contributed by atoms with Crippen molar-refractivity contribution in [2.24, 2.45) is 5.92 Å². The number of hydrogen-bond acceptors (Lipinski definition) is 6. The standard InChI is InChI=1S/C25H23BrN2O5/c1-14(2)28-13-18-21(27-28)24(31)20(22(29)32-3)19(15-7-5-4-6-8-15)25(33-18,23(24)30)16-9-11-17(26)12-10-16/h4-14,19-20,31H,1-3H3/t19-,20-,24-,25?/m1/s1. The average Bonchev–Trinajstić information content (AvgIpc) is 3.30. The zero-order valence-electron chi connectivity index (χ0n) is 18.4. The van der Waals surface area contributed by atoms with E-state index in [1.54, 1.807) is 35.1 Å². The van der Waals surface area contributed by atoms with Crippen molar-refractivity contribution in [1.29, 1.82) is 0 Å². The summed E-state index contributed by atoms with van der Waals surface area (Å²) in [5.41, 5.74) is -2.59. The molecule has 1 aliphatic heterocycles. The number of fused-ring (bicyclic) bond motifs is 4. The first-order valence-corrected chi connectivity index (χ1v) is 11.5. The number of ketones is 1. The van der Waals surface area contributed by atoms with Crippen molar-refractivity contribution in [2.45, 2.75) is 37.0 Å². The molecular weight excluding hydrogens is 488 g/mol. The highest BCUT2D eigenvalue weighted by Gasteiger charge is 2.77. The minimum Gasteiger partial charge on any atom is -0.470 e. The van der Waals surface area contributed by atoms with Crippen molar-refractivity contribution in [3.8, 4) is 5.75 Å². The summed E-state index contributed by atoms with van der Waals surface area (Å²) in [5, 5.41) is 16.6. The van der Waals surface area contributed by atoms with Crippen LogP contribution in [-0.4, -0.2) is 33.7 Å². The Kier molecular flexibility index (Phi) is 4.99. The Morgan fingerprint density at radius 2 is 1.85 bits per heavy atom. The summed E-state index contributed by atoms with van der Waals surface area (Å²) in [6.07, 6.45) is 1.67. The van der Waals surface area contributed by atoms with Crippen LogP contribution in [0.2, 0.25) is 0 Å². The van der Waals surface area contributed by atoms with Gasteiger partial charge in [0.2, 0.25) is 11.4 Å². The molecule has 3 aromatic rings. The maximum absolute atomic E-state index is 14.2. The predicted octanol–water partition coefficient (Wildman–Crippen LogP) is 3.86. The molecule has 4 atom stereocenters. The van der Waals surface area contributed by atoms with Crippen molar-refractivity contribution < 1.29 is 24.2 Å². The first kappa shape index (κ1) is 21.9. The summed E-state index contributed by atoms with van der Waals surface area (Å²) < 4.78 is 14.1. The predicted molar refractivity (Wildman–Crippen MR) is 123 cm³/mol. The van der Waals surface area contributed by atoms with Crippen molar-refractivity contribution >= 4 is 27.7 Å². The van der Waals surface area contributed by atoms with Gasteiger partial charge in [0.1, 0.15) is 11.6 Å². The molecule has 0 saturated heterocycles. The zero-order valence-corrected chi connectivity index (χ0v) is 19.9. The molecule has 1 aromatic heterocycles. The monoisotopic (exact) mass is 510 g/mol. The van der Waals surface area contributed by atoms with Crippen molar-refractivity contribution in [2.75, 3.05) is 7.11 Å². The number of halogens is 1. The Morgan fingerprint density at radius 3 is 2.45 bits per heavy atom. The van der Waals surface area contributed by atoms with Crippen LogP contribution in [0.15, 0.2) is 65.3 Å². The highest BCUT2D eigenvalue weighted by Crippen LogP contribution is 2.64. The van der Waals surface area contributed by atoms with E-state index < -0.39 is 34.8 Å². The summed E-state index contributed by atoms with van der Waals surface area (Å²) in [5.74, 6) is -3.14. The minimum atomic E-state index is -2.21. The third kappa shape index (κ3) is 2.87. The van der Waals surface area contributed by atoms with Gasteiger partial charge in [-0.15, -0.1) is 0 Å². The van der Waals surface area contributed by atoms with Crippen LogP contribution in [-0.2, 0) is 25.5 Å². The SMILES string of the molecule is COC(=O)[C@H]1[C@@H](c2ccccc2)C2(c3ccc(Br)cc3)Oc3cn(C(C)C)nc3[C@@]1(O)C2=O. The normalized spacial score (nSPS) is 27.9. The summed E-state index contributed by atoms with van der Waals surface area (Å²) in [6, 6.07) is 16.3. The van der Waals surface area contributed by atoms with E-state index in [2.05, 4.69) is 21.0 Å². The Hall–Kier alpha value is -2.97. The number of ether oxygens (including phenoxy) is 2. The van der Waals surface area contributed by atoms with E-state index in [-0.39, 0.29) is 17.5 Å². The fraction of sp³-hybridized carbons (Fsp3) is 0.320. The number of carbonyl (C=O) groups is 2. The Bertz CT molecular complexity index is 1240. The summed E-state index contributed by atoms with van der Waals surface area (Å²) in [7, 11) is 1.25. The number of esters is 1. The van der Waals surface area contributed by atoms with Gasteiger partial charge in [-0.05, 0) is 31.5 Å². The first-order valence-electron chi connectivity index (χ1n) is 10.7. The zero-order chi connectivity index (χ0) is 23.5. The van der Waals surface area contributed by atoms with Crippen LogP contribution in [0.5, 0.6) is 5.75 Å². The van der Waals surface area contributed by atoms with E-state index in [0.717, 1.165) is 4.47 Å². The number of nitrogens with zero attached hydrogens (tertiary/aromatic N) is 2. The molecule has 2 aromatic carbocycles. The lowest BCUT2D eigenvalue weighted by Gasteiger charge is -2.37. The lowest BCUT2D eigenvalue weighted by Crippen LogP contribution is -2.51. The van der Waals surface area contributed by atoms with Gasteiger partial charge in [0.15, 0.2) is 11.4 Å². The van der Waals surface area contributed by atoms with Crippen LogP contribution in [0.25, 0.3) is 0 Å². The highest BCUT2D eigenvalue weighted by atomic mass is 79.9. The second kappa shape index (κ2) is 7.53. The number of hydrogen-bond donors (Lipinski definition) is 1. The maximum atomic E-state index is 14.2. The fourth-order valence-electron chi connectivity index (χ4n) is 5.15. The van der Waals surface area contributed by atoms with Crippen LogP contribution in [0, 0.1) is 5.92 Å². The minimum absolute atomic E-state index is 0.0402. The van der Waals surface area contributed by atoms with Crippen LogP contribution < -0.4 is 4.74 Å². The van der Waals surface area contributed by atoms with Gasteiger partial charge in [0.05, 0.1) is 19.2 Å². The lowest BCUT2D eigenvalue weighted by molar-refractivity contribution is -0.163. The summed E-state index contributed by atoms with van der Waals surface area (Å²) in [6.45, 7) is 3.86. The van der Waals surface area contributed by atoms with Crippen LogP contribution in [0.4, 0.5) is 0 Å². The molecule has 1 unspecified atom stereocenters. The van der Waals surface area contributed by atoms with Crippen molar-refractivity contribution in [3.05, 3.63) is 82.1 Å². The summed E-state index contributed by atoms with van der Waals surface area (Å²) in [4.78, 5) is 27.5. The number of aliphatic hydroxyl groups is 1. The molecule has 0 amide bonds. The number of benzene rings is 2. The van der Waals surface area contributed by atoms with Gasteiger partial charge >= 0.3 is 5.97 Å². The number of rotatable bonds is 4. The number of carbonyl (C=O) groups excluding carboxylic acids is 2. The molecule has 0 spiro atoms. The molecule has 2 heterocycles. The van der Waals surface area contributed by atoms with Gasteiger partial charge in [-0.1, -0.05) is 58.4 Å². The second-order valence-corrected chi connectivity index (χ2v) is 9.66. The van der Waals surface area contributed by atoms with Gasteiger partial charge in [0.25, 0.3) is 0 Å². The molecule has 1 N–H and O–H groups in total. The third-order valence-electron chi connectivity index (χ3n) is 6.65. The first-order chi connectivity index (χ1) is 15.7. The molecule has 170 valence electrons. The molecule has 33 heavy (non-hydrogen) atoms. The Morgan fingerprint density at radius 1 is 1.18 bits per heavy atom. The van der Waals surface area contributed by atoms with E-state index in [9.17, 15) is 14.7 Å². The summed E-state index contributed by atoms with van der Waals surface area (Å²) >= 11 is 3.43. The molecule has 1 saturated carbocycles. The molecule has 7 nitrogen and oxygen atoms in total. The molecule has 2 aliphatic rings. The lowest BCUT2D eigenvalue weighted by atomic mass is 9.75. The topological polar surface area (TPSA) is 90.7 Å². The van der Waals surface area contributed by atoms with E-state index in [1.165, 1.54) is 7.11 Å². The van der Waals surface area contributed by atoms with Crippen molar-refractivity contribution in [1.82, 2.24) is 9.78 Å². The molecule has 0 radical (unpaired) electrons. The van der Waals surface area contributed by atoms with Crippen molar-refractivity contribution in [3.63, 3.8) is 0 Å². The van der Waals surface area contributed by atoms with E-state index in [0.29, 0.717) is 11.1 Å². The fourth-order valence-corrected chi connectivity index (χ4v) is 5.41. The van der Waals surface area contributed by atoms with Crippen LogP contribution in [0.1, 0.15) is 42.6 Å². The Labute approximate surface area is 199 Å². The average molecular weight is 511 g/mol. The smallest absolute Gasteiger partial charge is 0.313 e. The van der Waals surface area contributed by atoms with Crippen LogP contribution >= 0.6 is 15.9 Å². The van der Waals surface area contributed by atoms with E-state index in [1.807, 2.05) is 44.2 Å². The molecule has 5 rings (SSSR count). The van der Waals surface area contributed by atoms with Gasteiger partial charge in [-0.25, -0.2) is 0 Å². The van der Waals surface area contributed by atoms with E-state index >= 15 is 0 Å². The third-order valence-corrected chi connectivity index (χ3v) is 7.18.